The van der Waals surface area contributed by atoms with Crippen LogP contribution in [0.2, 0.25) is 0 Å². The Hall–Kier alpha value is -2.04. The summed E-state index contributed by atoms with van der Waals surface area (Å²) in [6.07, 6.45) is 1.36. The molecule has 0 radical (unpaired) electrons. The second kappa shape index (κ2) is 8.41. The zero-order valence-corrected chi connectivity index (χ0v) is 13.0. The number of nitrogens with two attached hydrogens (primary N) is 3. The molecular formula is C15H20N4O2S. The molecule has 0 aliphatic rings. The molecule has 6 nitrogen and oxygen atoms in total. The second-order valence-corrected chi connectivity index (χ2v) is 5.86. The molecule has 1 rings (SSSR count). The van der Waals surface area contributed by atoms with Crippen LogP contribution in [0.3, 0.4) is 0 Å². The third-order valence-electron chi connectivity index (χ3n) is 3.70. The molecule has 0 bridgehead atoms. The largest absolute Gasteiger partial charge is 0.369 e. The lowest BCUT2D eigenvalue weighted by Gasteiger charge is -2.33. The third-order valence-corrected chi connectivity index (χ3v) is 4.32. The van der Waals surface area contributed by atoms with Crippen molar-refractivity contribution in [2.75, 3.05) is 5.75 Å². The van der Waals surface area contributed by atoms with Gasteiger partial charge < -0.3 is 17.2 Å². The first kappa shape index (κ1) is 18.0. The number of hydrogen-bond donors (Lipinski definition) is 3. The van der Waals surface area contributed by atoms with Gasteiger partial charge in [0.25, 0.3) is 0 Å². The predicted molar refractivity (Wildman–Crippen MR) is 86.1 cm³/mol. The van der Waals surface area contributed by atoms with Crippen LogP contribution in [0.5, 0.6) is 0 Å². The molecule has 7 heteroatoms. The van der Waals surface area contributed by atoms with Crippen LogP contribution >= 0.6 is 11.8 Å². The Labute approximate surface area is 134 Å². The van der Waals surface area contributed by atoms with E-state index in [1.807, 2.05) is 11.5 Å². The van der Waals surface area contributed by atoms with E-state index in [9.17, 15) is 9.59 Å². The maximum Gasteiger partial charge on any atom is 0.235 e. The number of hydrogen-bond acceptors (Lipinski definition) is 5. The maximum atomic E-state index is 12.0. The molecule has 0 saturated carbocycles. The molecule has 6 N–H and O–H groups in total. The molecule has 1 aromatic rings. The minimum absolute atomic E-state index is 0.166. The van der Waals surface area contributed by atoms with Crippen LogP contribution in [0.4, 0.5) is 0 Å². The summed E-state index contributed by atoms with van der Waals surface area (Å²) in [5, 5.41) is 10.5. The van der Waals surface area contributed by atoms with Crippen molar-refractivity contribution in [3.8, 4) is 5.40 Å². The van der Waals surface area contributed by atoms with Crippen LogP contribution in [0.15, 0.2) is 30.3 Å². The summed E-state index contributed by atoms with van der Waals surface area (Å²) in [4.78, 5) is 24.0. The molecule has 0 spiro atoms. The highest BCUT2D eigenvalue weighted by atomic mass is 32.2. The van der Waals surface area contributed by atoms with Crippen LogP contribution < -0.4 is 17.2 Å². The Kier molecular flexibility index (Phi) is 6.89. The number of amides is 2. The molecule has 1 atom stereocenters. The molecule has 0 aliphatic carbocycles. The van der Waals surface area contributed by atoms with Gasteiger partial charge in [0.2, 0.25) is 11.8 Å². The maximum absolute atomic E-state index is 12.0. The lowest BCUT2D eigenvalue weighted by molar-refractivity contribution is -0.142. The molecule has 0 fully saturated rings. The van der Waals surface area contributed by atoms with E-state index in [0.29, 0.717) is 24.2 Å². The Balaban J connectivity index is 2.99. The Bertz CT molecular complexity index is 542. The number of nitriles is 1. The standard InChI is InChI=1S/C15H20N4O2S/c16-10-22-9-5-4-8-15(13(18)20,14(19)21)12(17)11-6-2-1-3-7-11/h1-3,6-7,12H,4-5,8-9,17H2,(H2,18,20)(H2,19,21). The number of carbonyl (C=O) groups is 2. The first-order chi connectivity index (χ1) is 10.5. The second-order valence-electron chi connectivity index (χ2n) is 4.99. The van der Waals surface area contributed by atoms with E-state index >= 15 is 0 Å². The van der Waals surface area contributed by atoms with Gasteiger partial charge in [-0.05, 0) is 30.2 Å². The first-order valence-corrected chi connectivity index (χ1v) is 7.86. The summed E-state index contributed by atoms with van der Waals surface area (Å²) in [6.45, 7) is 0. The van der Waals surface area contributed by atoms with E-state index in [2.05, 4.69) is 0 Å². The minimum Gasteiger partial charge on any atom is -0.369 e. The highest BCUT2D eigenvalue weighted by Crippen LogP contribution is 2.37. The number of benzene rings is 1. The van der Waals surface area contributed by atoms with Gasteiger partial charge in [-0.3, -0.25) is 9.59 Å². The average molecular weight is 320 g/mol. The molecule has 22 heavy (non-hydrogen) atoms. The van der Waals surface area contributed by atoms with E-state index in [-0.39, 0.29) is 6.42 Å². The van der Waals surface area contributed by atoms with Crippen molar-refractivity contribution < 1.29 is 9.59 Å². The van der Waals surface area contributed by atoms with Crippen LogP contribution in [0, 0.1) is 16.1 Å². The van der Waals surface area contributed by atoms with E-state index in [1.54, 1.807) is 24.3 Å². The molecular weight excluding hydrogens is 300 g/mol. The van der Waals surface area contributed by atoms with Gasteiger partial charge in [-0.25, -0.2) is 0 Å². The quantitative estimate of drug-likeness (QED) is 0.354. The van der Waals surface area contributed by atoms with E-state index in [4.69, 9.17) is 22.5 Å². The van der Waals surface area contributed by atoms with Gasteiger partial charge in [0.1, 0.15) is 10.8 Å². The molecule has 1 unspecified atom stereocenters. The third kappa shape index (κ3) is 4.00. The van der Waals surface area contributed by atoms with Gasteiger partial charge in [0.05, 0.1) is 6.04 Å². The van der Waals surface area contributed by atoms with Crippen molar-refractivity contribution in [3.63, 3.8) is 0 Å². The van der Waals surface area contributed by atoms with Gasteiger partial charge in [0.15, 0.2) is 0 Å². The van der Waals surface area contributed by atoms with Gasteiger partial charge in [-0.1, -0.05) is 36.8 Å². The minimum atomic E-state index is -1.63. The predicted octanol–water partition coefficient (Wildman–Crippen LogP) is 1.03. The van der Waals surface area contributed by atoms with Gasteiger partial charge in [-0.2, -0.15) is 5.26 Å². The van der Waals surface area contributed by atoms with Crippen LogP contribution in [-0.2, 0) is 9.59 Å². The smallest absolute Gasteiger partial charge is 0.235 e. The first-order valence-electron chi connectivity index (χ1n) is 6.88. The van der Waals surface area contributed by atoms with E-state index in [0.717, 1.165) is 11.8 Å². The highest BCUT2D eigenvalue weighted by Gasteiger charge is 2.48. The van der Waals surface area contributed by atoms with Crippen molar-refractivity contribution in [2.24, 2.45) is 22.6 Å². The van der Waals surface area contributed by atoms with Crippen molar-refractivity contribution in [3.05, 3.63) is 35.9 Å². The summed E-state index contributed by atoms with van der Waals surface area (Å²) in [7, 11) is 0. The highest BCUT2D eigenvalue weighted by molar-refractivity contribution is 8.03. The fourth-order valence-corrected chi connectivity index (χ4v) is 2.84. The van der Waals surface area contributed by atoms with Gasteiger partial charge in [-0.15, -0.1) is 0 Å². The SMILES string of the molecule is N#CSCCCCC(C(N)=O)(C(N)=O)C(N)c1ccccc1. The monoisotopic (exact) mass is 320 g/mol. The number of nitrogens with zero attached hydrogens (tertiary/aromatic N) is 1. The normalized spacial score (nSPS) is 12.4. The number of primary amides is 2. The van der Waals surface area contributed by atoms with Gasteiger partial charge in [0, 0.05) is 5.75 Å². The number of unbranched alkanes of at least 4 members (excludes halogenated alkanes) is 1. The molecule has 2 amide bonds. The van der Waals surface area contributed by atoms with Crippen LogP contribution in [0.25, 0.3) is 0 Å². The molecule has 1 aromatic carbocycles. The molecule has 0 saturated heterocycles. The zero-order chi connectivity index (χ0) is 16.6. The van der Waals surface area contributed by atoms with Crippen LogP contribution in [0.1, 0.15) is 30.9 Å². The summed E-state index contributed by atoms with van der Waals surface area (Å²) in [5.41, 5.74) is 16.1. The number of rotatable bonds is 9. The zero-order valence-electron chi connectivity index (χ0n) is 12.2. The van der Waals surface area contributed by atoms with Gasteiger partial charge >= 0.3 is 0 Å². The Morgan fingerprint density at radius 2 is 1.77 bits per heavy atom. The average Bonchev–Trinajstić information content (AvgIpc) is 2.50. The Morgan fingerprint density at radius 3 is 2.27 bits per heavy atom. The molecule has 0 aromatic heterocycles. The molecule has 0 aliphatic heterocycles. The lowest BCUT2D eigenvalue weighted by atomic mass is 9.72. The Morgan fingerprint density at radius 1 is 1.18 bits per heavy atom. The van der Waals surface area contributed by atoms with Crippen molar-refractivity contribution in [1.29, 1.82) is 5.26 Å². The number of carbonyl (C=O) groups excluding carboxylic acids is 2. The van der Waals surface area contributed by atoms with Crippen molar-refractivity contribution >= 4 is 23.6 Å². The molecule has 118 valence electrons. The number of thiocyanates is 1. The topological polar surface area (TPSA) is 136 Å². The fourth-order valence-electron chi connectivity index (χ4n) is 2.40. The van der Waals surface area contributed by atoms with E-state index < -0.39 is 23.3 Å². The number of thioether (sulfide) groups is 1. The molecule has 0 heterocycles. The van der Waals surface area contributed by atoms with Crippen molar-refractivity contribution in [2.45, 2.75) is 25.3 Å². The summed E-state index contributed by atoms with van der Waals surface area (Å²) in [6, 6.07) is 7.92. The van der Waals surface area contributed by atoms with Crippen LogP contribution in [-0.4, -0.2) is 17.6 Å². The summed E-state index contributed by atoms with van der Waals surface area (Å²) >= 11 is 1.12. The summed E-state index contributed by atoms with van der Waals surface area (Å²) in [5.74, 6) is -1.02. The fraction of sp³-hybridized carbons (Fsp3) is 0.400. The van der Waals surface area contributed by atoms with Crippen molar-refractivity contribution in [1.82, 2.24) is 0 Å². The lowest BCUT2D eigenvalue weighted by Crippen LogP contribution is -2.54. The summed E-state index contributed by atoms with van der Waals surface area (Å²) < 4.78 is 0. The van der Waals surface area contributed by atoms with E-state index in [1.165, 1.54) is 0 Å².